The topological polar surface area (TPSA) is 12.0 Å². The van der Waals surface area contributed by atoms with Crippen LogP contribution in [0.5, 0.6) is 0 Å². The van der Waals surface area contributed by atoms with E-state index >= 15 is 0 Å². The lowest BCUT2D eigenvalue weighted by atomic mass is 10.1. The van der Waals surface area contributed by atoms with Gasteiger partial charge in [0.1, 0.15) is 0 Å². The molecule has 0 aliphatic rings. The maximum atomic E-state index is 3.62. The smallest absolute Gasteiger partial charge is 0.0353 e. The lowest BCUT2D eigenvalue weighted by Gasteiger charge is -2.19. The van der Waals surface area contributed by atoms with Crippen molar-refractivity contribution in [2.24, 2.45) is 0 Å². The van der Waals surface area contributed by atoms with Crippen molar-refractivity contribution in [3.05, 3.63) is 28.2 Å². The third-order valence-electron chi connectivity index (χ3n) is 2.82. The van der Waals surface area contributed by atoms with Crippen molar-refractivity contribution in [3.8, 4) is 0 Å². The zero-order valence-electron chi connectivity index (χ0n) is 10.5. The van der Waals surface area contributed by atoms with Gasteiger partial charge >= 0.3 is 0 Å². The molecule has 1 aromatic rings. The standard InChI is InChI=1S/C14H22BrN/c1-4-6-12(7-5-2)16-13-9-8-11(3)14(15)10-13/h8-10,12,16H,4-7H2,1-3H3. The SMILES string of the molecule is CCCC(CCC)Nc1ccc(C)c(Br)c1. The predicted molar refractivity (Wildman–Crippen MR) is 76.1 cm³/mol. The van der Waals surface area contributed by atoms with E-state index in [4.69, 9.17) is 0 Å². The van der Waals surface area contributed by atoms with E-state index in [1.54, 1.807) is 0 Å². The van der Waals surface area contributed by atoms with Crippen LogP contribution in [0, 0.1) is 6.92 Å². The predicted octanol–water partition coefficient (Wildman–Crippen LogP) is 5.14. The molecule has 1 aromatic carbocycles. The van der Waals surface area contributed by atoms with Gasteiger partial charge in [0.25, 0.3) is 0 Å². The fourth-order valence-electron chi connectivity index (χ4n) is 1.90. The van der Waals surface area contributed by atoms with Crippen LogP contribution in [-0.2, 0) is 0 Å². The number of aryl methyl sites for hydroxylation is 1. The quantitative estimate of drug-likeness (QED) is 0.762. The fraction of sp³-hybridized carbons (Fsp3) is 0.571. The van der Waals surface area contributed by atoms with Crippen molar-refractivity contribution < 1.29 is 0 Å². The number of anilines is 1. The number of halogens is 1. The van der Waals surface area contributed by atoms with Crippen molar-refractivity contribution in [2.75, 3.05) is 5.32 Å². The summed E-state index contributed by atoms with van der Waals surface area (Å²) in [6.07, 6.45) is 4.98. The number of benzene rings is 1. The van der Waals surface area contributed by atoms with Gasteiger partial charge in [-0.05, 0) is 37.5 Å². The van der Waals surface area contributed by atoms with Crippen LogP contribution in [-0.4, -0.2) is 6.04 Å². The summed E-state index contributed by atoms with van der Waals surface area (Å²) in [5.41, 5.74) is 2.51. The molecule has 1 nitrogen and oxygen atoms in total. The highest BCUT2D eigenvalue weighted by Gasteiger charge is 2.06. The first-order valence-corrected chi connectivity index (χ1v) is 6.99. The van der Waals surface area contributed by atoms with Crippen molar-refractivity contribution in [1.82, 2.24) is 0 Å². The van der Waals surface area contributed by atoms with Crippen LogP contribution >= 0.6 is 15.9 Å². The highest BCUT2D eigenvalue weighted by atomic mass is 79.9. The third kappa shape index (κ3) is 4.17. The molecule has 90 valence electrons. The largest absolute Gasteiger partial charge is 0.382 e. The van der Waals surface area contributed by atoms with Crippen molar-refractivity contribution in [2.45, 2.75) is 52.5 Å². The summed E-state index contributed by atoms with van der Waals surface area (Å²) < 4.78 is 1.18. The zero-order chi connectivity index (χ0) is 12.0. The highest BCUT2D eigenvalue weighted by Crippen LogP contribution is 2.22. The van der Waals surface area contributed by atoms with E-state index in [0.717, 1.165) is 0 Å². The maximum Gasteiger partial charge on any atom is 0.0353 e. The lowest BCUT2D eigenvalue weighted by molar-refractivity contribution is 0.586. The number of hydrogen-bond acceptors (Lipinski definition) is 1. The summed E-state index contributed by atoms with van der Waals surface area (Å²) >= 11 is 3.57. The Morgan fingerprint density at radius 2 is 1.81 bits per heavy atom. The second-order valence-corrected chi connectivity index (χ2v) is 5.24. The van der Waals surface area contributed by atoms with E-state index in [1.807, 2.05) is 0 Å². The molecule has 0 spiro atoms. The molecule has 0 radical (unpaired) electrons. The van der Waals surface area contributed by atoms with Gasteiger partial charge < -0.3 is 5.32 Å². The fourth-order valence-corrected chi connectivity index (χ4v) is 2.28. The van der Waals surface area contributed by atoms with Gasteiger partial charge in [-0.1, -0.05) is 48.7 Å². The first kappa shape index (κ1) is 13.6. The Morgan fingerprint density at radius 1 is 1.19 bits per heavy atom. The Morgan fingerprint density at radius 3 is 2.31 bits per heavy atom. The van der Waals surface area contributed by atoms with Gasteiger partial charge in [0.2, 0.25) is 0 Å². The van der Waals surface area contributed by atoms with Crippen LogP contribution in [0.15, 0.2) is 22.7 Å². The van der Waals surface area contributed by atoms with E-state index < -0.39 is 0 Å². The van der Waals surface area contributed by atoms with Crippen LogP contribution in [0.3, 0.4) is 0 Å². The molecule has 0 aliphatic carbocycles. The molecule has 1 N–H and O–H groups in total. The minimum absolute atomic E-state index is 0.615. The molecule has 0 aliphatic heterocycles. The highest BCUT2D eigenvalue weighted by molar-refractivity contribution is 9.10. The molecule has 16 heavy (non-hydrogen) atoms. The average molecular weight is 284 g/mol. The Kier molecular flexibility index (Phi) is 5.89. The normalized spacial score (nSPS) is 10.8. The van der Waals surface area contributed by atoms with Crippen LogP contribution in [0.4, 0.5) is 5.69 Å². The summed E-state index contributed by atoms with van der Waals surface area (Å²) in [5, 5.41) is 3.62. The molecule has 0 unspecified atom stereocenters. The molecule has 0 fully saturated rings. The van der Waals surface area contributed by atoms with Gasteiger partial charge in [-0.2, -0.15) is 0 Å². The van der Waals surface area contributed by atoms with E-state index in [1.165, 1.54) is 41.4 Å². The summed E-state index contributed by atoms with van der Waals surface area (Å²) in [7, 11) is 0. The van der Waals surface area contributed by atoms with Crippen LogP contribution in [0.25, 0.3) is 0 Å². The molecule has 2 heteroatoms. The van der Waals surface area contributed by atoms with Gasteiger partial charge in [-0.25, -0.2) is 0 Å². The molecule has 0 atom stereocenters. The third-order valence-corrected chi connectivity index (χ3v) is 3.67. The summed E-state index contributed by atoms with van der Waals surface area (Å²) in [4.78, 5) is 0. The molecule has 0 heterocycles. The van der Waals surface area contributed by atoms with Gasteiger partial charge in [0, 0.05) is 16.2 Å². The van der Waals surface area contributed by atoms with Gasteiger partial charge in [0.05, 0.1) is 0 Å². The molecular formula is C14H22BrN. The Labute approximate surface area is 108 Å². The average Bonchev–Trinajstić information content (AvgIpc) is 2.24. The van der Waals surface area contributed by atoms with Gasteiger partial charge in [0.15, 0.2) is 0 Å². The Balaban J connectivity index is 2.65. The van der Waals surface area contributed by atoms with Crippen LogP contribution < -0.4 is 5.32 Å². The van der Waals surface area contributed by atoms with E-state index in [-0.39, 0.29) is 0 Å². The molecule has 0 aromatic heterocycles. The zero-order valence-corrected chi connectivity index (χ0v) is 12.1. The van der Waals surface area contributed by atoms with Crippen molar-refractivity contribution >= 4 is 21.6 Å². The van der Waals surface area contributed by atoms with Gasteiger partial charge in [-0.15, -0.1) is 0 Å². The minimum Gasteiger partial charge on any atom is -0.382 e. The number of nitrogens with one attached hydrogen (secondary N) is 1. The number of rotatable bonds is 6. The molecule has 1 rings (SSSR count). The van der Waals surface area contributed by atoms with Crippen LogP contribution in [0.2, 0.25) is 0 Å². The molecule has 0 bridgehead atoms. The molecule has 0 saturated heterocycles. The van der Waals surface area contributed by atoms with Gasteiger partial charge in [-0.3, -0.25) is 0 Å². The Hall–Kier alpha value is -0.500. The van der Waals surface area contributed by atoms with Crippen molar-refractivity contribution in [1.29, 1.82) is 0 Å². The Bertz CT molecular complexity index is 317. The number of hydrogen-bond donors (Lipinski definition) is 1. The second-order valence-electron chi connectivity index (χ2n) is 4.38. The van der Waals surface area contributed by atoms with Crippen molar-refractivity contribution in [3.63, 3.8) is 0 Å². The molecule has 0 amide bonds. The minimum atomic E-state index is 0.615. The monoisotopic (exact) mass is 283 g/mol. The molecule has 0 saturated carbocycles. The first-order valence-electron chi connectivity index (χ1n) is 6.20. The summed E-state index contributed by atoms with van der Waals surface area (Å²) in [6, 6.07) is 7.11. The molecular weight excluding hydrogens is 262 g/mol. The summed E-state index contributed by atoms with van der Waals surface area (Å²) in [6.45, 7) is 6.61. The summed E-state index contributed by atoms with van der Waals surface area (Å²) in [5.74, 6) is 0. The first-order chi connectivity index (χ1) is 7.67. The maximum absolute atomic E-state index is 3.62. The van der Waals surface area contributed by atoms with Crippen LogP contribution in [0.1, 0.15) is 45.1 Å². The van der Waals surface area contributed by atoms with E-state index in [0.29, 0.717) is 6.04 Å². The second kappa shape index (κ2) is 6.95. The van der Waals surface area contributed by atoms with E-state index in [9.17, 15) is 0 Å². The van der Waals surface area contributed by atoms with E-state index in [2.05, 4.69) is 60.2 Å². The lowest BCUT2D eigenvalue weighted by Crippen LogP contribution is -2.18.